The van der Waals surface area contributed by atoms with Gasteiger partial charge in [0.25, 0.3) is 0 Å². The number of hydrogen-bond donors (Lipinski definition) is 2. The molecule has 19 heavy (non-hydrogen) atoms. The van der Waals surface area contributed by atoms with Gasteiger partial charge in [-0.25, -0.2) is 4.79 Å². The van der Waals surface area contributed by atoms with Crippen LogP contribution in [0.2, 0.25) is 0 Å². The Morgan fingerprint density at radius 3 is 2.00 bits per heavy atom. The molecule has 1 heterocycles. The molecule has 1 aliphatic heterocycles. The maximum absolute atomic E-state index is 12.3. The van der Waals surface area contributed by atoms with Gasteiger partial charge in [0, 0.05) is 0 Å². The van der Waals surface area contributed by atoms with E-state index in [1.54, 1.807) is 20.8 Å². The van der Waals surface area contributed by atoms with Crippen LogP contribution in [0.1, 0.15) is 41.5 Å². The highest BCUT2D eigenvalue weighted by Gasteiger charge is 2.43. The Bertz CT molecular complexity index is 361. The van der Waals surface area contributed by atoms with Crippen molar-refractivity contribution < 1.29 is 19.4 Å². The lowest BCUT2D eigenvalue weighted by molar-refractivity contribution is -0.146. The first kappa shape index (κ1) is 16.0. The fraction of sp³-hybridized carbons (Fsp3) is 0.857. The zero-order valence-electron chi connectivity index (χ0n) is 12.6. The molecule has 1 aliphatic rings. The first-order valence-electron chi connectivity index (χ1n) is 6.74. The molecule has 110 valence electrons. The number of hydrogen-bond acceptors (Lipinski definition) is 3. The number of carbonyl (C=O) groups is 2. The van der Waals surface area contributed by atoms with Crippen molar-refractivity contribution in [2.45, 2.75) is 59.8 Å². The fourth-order valence-electron chi connectivity index (χ4n) is 2.61. The molecule has 2 N–H and O–H groups in total. The SMILES string of the molecule is CC1OC(C)C(C(=O)N[C@@H](C(=O)O)C(C)(C)C)C1C. The minimum atomic E-state index is -1.01. The molecule has 5 heteroatoms. The lowest BCUT2D eigenvalue weighted by Crippen LogP contribution is -2.52. The Labute approximate surface area is 114 Å². The minimum Gasteiger partial charge on any atom is -0.480 e. The van der Waals surface area contributed by atoms with Gasteiger partial charge in [-0.05, 0) is 25.2 Å². The van der Waals surface area contributed by atoms with Crippen molar-refractivity contribution in [2.75, 3.05) is 0 Å². The predicted molar refractivity (Wildman–Crippen MR) is 71.7 cm³/mol. The number of carboxylic acid groups (broad SMARTS) is 1. The lowest BCUT2D eigenvalue weighted by Gasteiger charge is -2.30. The van der Waals surface area contributed by atoms with Crippen LogP contribution in [-0.2, 0) is 14.3 Å². The van der Waals surface area contributed by atoms with Crippen molar-refractivity contribution in [2.24, 2.45) is 17.3 Å². The maximum atomic E-state index is 12.3. The number of aliphatic carboxylic acids is 1. The second kappa shape index (κ2) is 5.49. The lowest BCUT2D eigenvalue weighted by atomic mass is 9.84. The van der Waals surface area contributed by atoms with E-state index in [9.17, 15) is 14.7 Å². The molecule has 0 radical (unpaired) electrons. The van der Waals surface area contributed by atoms with E-state index in [4.69, 9.17) is 4.74 Å². The van der Waals surface area contributed by atoms with E-state index in [0.717, 1.165) is 0 Å². The topological polar surface area (TPSA) is 75.6 Å². The highest BCUT2D eigenvalue weighted by atomic mass is 16.5. The number of ether oxygens (including phenoxy) is 1. The van der Waals surface area contributed by atoms with E-state index < -0.39 is 17.4 Å². The van der Waals surface area contributed by atoms with Gasteiger partial charge < -0.3 is 15.2 Å². The van der Waals surface area contributed by atoms with Crippen LogP contribution in [-0.4, -0.2) is 35.2 Å². The molecular formula is C14H25NO4. The van der Waals surface area contributed by atoms with Gasteiger partial charge in [0.1, 0.15) is 6.04 Å². The van der Waals surface area contributed by atoms with E-state index in [1.807, 2.05) is 20.8 Å². The highest BCUT2D eigenvalue weighted by molar-refractivity contribution is 5.86. The zero-order valence-corrected chi connectivity index (χ0v) is 12.6. The monoisotopic (exact) mass is 271 g/mol. The van der Waals surface area contributed by atoms with Crippen LogP contribution < -0.4 is 5.32 Å². The molecule has 0 aromatic heterocycles. The molecular weight excluding hydrogens is 246 g/mol. The third-order valence-electron chi connectivity index (χ3n) is 3.94. The average Bonchev–Trinajstić information content (AvgIpc) is 2.47. The molecule has 5 atom stereocenters. The van der Waals surface area contributed by atoms with Crippen LogP contribution in [0.25, 0.3) is 0 Å². The van der Waals surface area contributed by atoms with Crippen LogP contribution in [0.15, 0.2) is 0 Å². The predicted octanol–water partition coefficient (Wildman–Crippen LogP) is 1.66. The molecule has 0 aromatic rings. The Morgan fingerprint density at radius 2 is 1.68 bits per heavy atom. The molecule has 0 bridgehead atoms. The van der Waals surface area contributed by atoms with Crippen LogP contribution in [0.5, 0.6) is 0 Å². The summed E-state index contributed by atoms with van der Waals surface area (Å²) >= 11 is 0. The molecule has 4 unspecified atom stereocenters. The van der Waals surface area contributed by atoms with E-state index >= 15 is 0 Å². The first-order valence-corrected chi connectivity index (χ1v) is 6.74. The third kappa shape index (κ3) is 3.47. The second-order valence-electron chi connectivity index (χ2n) is 6.58. The molecule has 1 rings (SSSR count). The van der Waals surface area contributed by atoms with Gasteiger partial charge in [0.2, 0.25) is 5.91 Å². The Morgan fingerprint density at radius 1 is 1.16 bits per heavy atom. The summed E-state index contributed by atoms with van der Waals surface area (Å²) in [7, 11) is 0. The van der Waals surface area contributed by atoms with E-state index in [-0.39, 0.29) is 30.0 Å². The number of nitrogens with one attached hydrogen (secondary N) is 1. The first-order chi connectivity index (χ1) is 8.55. The van der Waals surface area contributed by atoms with Crippen molar-refractivity contribution in [1.29, 1.82) is 0 Å². The summed E-state index contributed by atoms with van der Waals surface area (Å²) in [6.07, 6.45) is -0.164. The van der Waals surface area contributed by atoms with E-state index in [2.05, 4.69) is 5.32 Å². The van der Waals surface area contributed by atoms with Gasteiger partial charge in [-0.1, -0.05) is 27.7 Å². The van der Waals surface area contributed by atoms with Crippen molar-refractivity contribution in [3.05, 3.63) is 0 Å². The molecule has 1 fully saturated rings. The van der Waals surface area contributed by atoms with Crippen LogP contribution in [0.4, 0.5) is 0 Å². The Hall–Kier alpha value is -1.10. The van der Waals surface area contributed by atoms with Crippen molar-refractivity contribution in [3.8, 4) is 0 Å². The van der Waals surface area contributed by atoms with Crippen molar-refractivity contribution >= 4 is 11.9 Å². The summed E-state index contributed by atoms with van der Waals surface area (Å²) in [4.78, 5) is 23.6. The summed E-state index contributed by atoms with van der Waals surface area (Å²) in [5, 5.41) is 11.9. The number of rotatable bonds is 3. The van der Waals surface area contributed by atoms with Gasteiger partial charge in [-0.3, -0.25) is 4.79 Å². The summed E-state index contributed by atoms with van der Waals surface area (Å²) in [6, 6.07) is -0.893. The molecule has 1 saturated heterocycles. The van der Waals surface area contributed by atoms with Crippen molar-refractivity contribution in [3.63, 3.8) is 0 Å². The summed E-state index contributed by atoms with van der Waals surface area (Å²) in [5.41, 5.74) is -0.529. The second-order valence-corrected chi connectivity index (χ2v) is 6.58. The molecule has 0 spiro atoms. The third-order valence-corrected chi connectivity index (χ3v) is 3.94. The number of carboxylic acids is 1. The van der Waals surface area contributed by atoms with Gasteiger partial charge in [0.15, 0.2) is 0 Å². The quantitative estimate of drug-likeness (QED) is 0.818. The zero-order chi connectivity index (χ0) is 15.0. The fourth-order valence-corrected chi connectivity index (χ4v) is 2.61. The van der Waals surface area contributed by atoms with Gasteiger partial charge in [-0.2, -0.15) is 0 Å². The molecule has 1 amide bonds. The standard InChI is InChI=1S/C14H25NO4/c1-7-8(2)19-9(3)10(7)12(16)15-11(13(17)18)14(4,5)6/h7-11H,1-6H3,(H,15,16)(H,17,18)/t7?,8?,9?,10?,11-/m0/s1. The molecule has 0 aliphatic carbocycles. The average molecular weight is 271 g/mol. The van der Waals surface area contributed by atoms with Crippen molar-refractivity contribution in [1.82, 2.24) is 5.32 Å². The highest BCUT2D eigenvalue weighted by Crippen LogP contribution is 2.32. The van der Waals surface area contributed by atoms with Crippen LogP contribution >= 0.6 is 0 Å². The van der Waals surface area contributed by atoms with Gasteiger partial charge in [-0.15, -0.1) is 0 Å². The summed E-state index contributed by atoms with van der Waals surface area (Å²) in [5.74, 6) is -1.44. The number of carbonyl (C=O) groups excluding carboxylic acids is 1. The minimum absolute atomic E-state index is 0.0173. The van der Waals surface area contributed by atoms with E-state index in [0.29, 0.717) is 0 Å². The molecule has 0 saturated carbocycles. The summed E-state index contributed by atoms with van der Waals surface area (Å²) < 4.78 is 5.63. The van der Waals surface area contributed by atoms with Crippen LogP contribution in [0, 0.1) is 17.3 Å². The molecule has 0 aromatic carbocycles. The maximum Gasteiger partial charge on any atom is 0.326 e. The number of amides is 1. The van der Waals surface area contributed by atoms with Gasteiger partial charge >= 0.3 is 5.97 Å². The summed E-state index contributed by atoms with van der Waals surface area (Å²) in [6.45, 7) is 11.2. The Kier molecular flexibility index (Phi) is 4.61. The van der Waals surface area contributed by atoms with Crippen LogP contribution in [0.3, 0.4) is 0 Å². The Balaban J connectivity index is 2.81. The van der Waals surface area contributed by atoms with Gasteiger partial charge in [0.05, 0.1) is 18.1 Å². The smallest absolute Gasteiger partial charge is 0.326 e. The van der Waals surface area contributed by atoms with E-state index in [1.165, 1.54) is 0 Å². The molecule has 5 nitrogen and oxygen atoms in total. The largest absolute Gasteiger partial charge is 0.480 e. The normalized spacial score (nSPS) is 32.9.